The zero-order valence-electron chi connectivity index (χ0n) is 21.6. The van der Waals surface area contributed by atoms with E-state index in [1.807, 2.05) is 31.2 Å². The Bertz CT molecular complexity index is 1120. The molecule has 192 valence electrons. The predicted molar refractivity (Wildman–Crippen MR) is 148 cm³/mol. The van der Waals surface area contributed by atoms with Crippen LogP contribution in [0.25, 0.3) is 10.6 Å². The Morgan fingerprint density at radius 2 is 1.97 bits per heavy atom. The van der Waals surface area contributed by atoms with E-state index in [4.69, 9.17) is 0 Å². The van der Waals surface area contributed by atoms with Gasteiger partial charge in [0.1, 0.15) is 10.0 Å². The Balaban J connectivity index is 1.44. The van der Waals surface area contributed by atoms with Crippen molar-refractivity contribution in [3.8, 4) is 10.6 Å². The molecule has 2 N–H and O–H groups in total. The number of benzene rings is 1. The summed E-state index contributed by atoms with van der Waals surface area (Å²) in [7, 11) is 2.07. The molecule has 2 aromatic rings. The van der Waals surface area contributed by atoms with Gasteiger partial charge in [0.05, 0.1) is 13.1 Å². The highest BCUT2D eigenvalue weighted by Crippen LogP contribution is 2.29. The van der Waals surface area contributed by atoms with Crippen molar-refractivity contribution >= 4 is 22.9 Å². The lowest BCUT2D eigenvalue weighted by molar-refractivity contribution is -0.119. The summed E-state index contributed by atoms with van der Waals surface area (Å²) in [6, 6.07) is 8.18. The highest BCUT2D eigenvalue weighted by Gasteiger charge is 2.26. The summed E-state index contributed by atoms with van der Waals surface area (Å²) < 4.78 is 0. The van der Waals surface area contributed by atoms with Crippen LogP contribution < -0.4 is 15.5 Å². The van der Waals surface area contributed by atoms with Crippen molar-refractivity contribution in [1.82, 2.24) is 30.8 Å². The Kier molecular flexibility index (Phi) is 8.90. The van der Waals surface area contributed by atoms with Gasteiger partial charge in [-0.15, -0.1) is 10.2 Å². The Labute approximate surface area is 218 Å². The minimum absolute atomic E-state index is 0.00405. The molecule has 8 nitrogen and oxygen atoms in total. The van der Waals surface area contributed by atoms with Gasteiger partial charge in [-0.25, -0.2) is 5.01 Å². The molecule has 0 fully saturated rings. The van der Waals surface area contributed by atoms with Crippen LogP contribution in [0.2, 0.25) is 0 Å². The topological polar surface area (TPSA) is 76.6 Å². The number of aryl methyl sites for hydroxylation is 1. The number of carbonyl (C=O) groups is 1. The Morgan fingerprint density at radius 1 is 1.17 bits per heavy atom. The van der Waals surface area contributed by atoms with Crippen molar-refractivity contribution in [3.63, 3.8) is 0 Å². The number of carbonyl (C=O) groups excluding carboxylic acids is 1. The first-order chi connectivity index (χ1) is 17.4. The first-order valence-corrected chi connectivity index (χ1v) is 13.4. The number of allylic oxidation sites excluding steroid dienone is 1. The molecular weight excluding hydrogens is 470 g/mol. The van der Waals surface area contributed by atoms with Gasteiger partial charge >= 0.3 is 0 Å². The lowest BCUT2D eigenvalue weighted by Gasteiger charge is -2.35. The lowest BCUT2D eigenvalue weighted by Crippen LogP contribution is -2.44. The van der Waals surface area contributed by atoms with E-state index in [1.165, 1.54) is 11.1 Å². The van der Waals surface area contributed by atoms with Crippen LogP contribution in [-0.4, -0.2) is 79.0 Å². The first kappa shape index (κ1) is 26.1. The molecule has 0 bridgehead atoms. The summed E-state index contributed by atoms with van der Waals surface area (Å²) in [6.45, 7) is 13.3. The third-order valence-corrected chi connectivity index (χ3v) is 7.47. The number of hydrogen-bond acceptors (Lipinski definition) is 8. The molecule has 0 spiro atoms. The molecule has 2 heterocycles. The predicted octanol–water partition coefficient (Wildman–Crippen LogP) is 3.37. The van der Waals surface area contributed by atoms with E-state index >= 15 is 0 Å². The summed E-state index contributed by atoms with van der Waals surface area (Å²) in [6.07, 6.45) is 6.80. The third-order valence-electron chi connectivity index (χ3n) is 6.58. The van der Waals surface area contributed by atoms with Crippen LogP contribution in [0.4, 0.5) is 5.69 Å². The molecule has 0 unspecified atom stereocenters. The van der Waals surface area contributed by atoms with Crippen LogP contribution in [0.5, 0.6) is 0 Å². The average Bonchev–Trinajstić information content (AvgIpc) is 3.52. The fraction of sp³-hybridized carbons (Fsp3) is 0.444. The van der Waals surface area contributed by atoms with Crippen molar-refractivity contribution in [2.45, 2.75) is 26.7 Å². The number of amides is 1. The minimum Gasteiger partial charge on any atom is -0.356 e. The molecule has 9 heteroatoms. The number of aromatic nitrogens is 2. The molecule has 4 rings (SSSR count). The molecule has 2 aliphatic rings. The van der Waals surface area contributed by atoms with E-state index in [1.54, 1.807) is 11.3 Å². The second-order valence-electron chi connectivity index (χ2n) is 9.22. The quantitative estimate of drug-likeness (QED) is 0.427. The number of likely N-dealkylation sites (N-methyl/N-ethyl adjacent to an activating group) is 2. The fourth-order valence-electron chi connectivity index (χ4n) is 4.48. The number of nitrogens with one attached hydrogen (secondary N) is 2. The molecule has 0 atom stereocenters. The van der Waals surface area contributed by atoms with E-state index in [-0.39, 0.29) is 12.5 Å². The summed E-state index contributed by atoms with van der Waals surface area (Å²) in [5, 5.41) is 21.0. The lowest BCUT2D eigenvalue weighted by atomic mass is 10.0. The van der Waals surface area contributed by atoms with Crippen LogP contribution in [0.3, 0.4) is 0 Å². The Hall–Kier alpha value is -3.01. The van der Waals surface area contributed by atoms with Gasteiger partial charge in [0.2, 0.25) is 5.91 Å². The number of hydrogen-bond donors (Lipinski definition) is 2. The number of rotatable bonds is 12. The van der Waals surface area contributed by atoms with Crippen LogP contribution in [0, 0.1) is 6.92 Å². The molecule has 0 radical (unpaired) electrons. The molecule has 1 aliphatic carbocycles. The summed E-state index contributed by atoms with van der Waals surface area (Å²) in [5.74, 6) is -0.00405. The summed E-state index contributed by atoms with van der Waals surface area (Å²) >= 11 is 1.57. The summed E-state index contributed by atoms with van der Waals surface area (Å²) in [4.78, 5) is 14.9. The van der Waals surface area contributed by atoms with Gasteiger partial charge in [-0.3, -0.25) is 4.79 Å². The maximum Gasteiger partial charge on any atom is 0.239 e. The van der Waals surface area contributed by atoms with Crippen LogP contribution in [0.15, 0.2) is 59.8 Å². The van der Waals surface area contributed by atoms with Crippen LogP contribution in [-0.2, 0) is 4.79 Å². The maximum absolute atomic E-state index is 12.8. The third kappa shape index (κ3) is 6.60. The fourth-order valence-corrected chi connectivity index (χ4v) is 5.17. The molecule has 1 aromatic carbocycles. The standard InChI is InChI=1S/C27H37N7OS/c1-5-28-14-15-29-26(35)19-33(25-12-10-22(11-13-25)27-31-30-21(3)36-27)16-20(2)32(4)34-17-23-8-6-7-9-24(23)18-34/h6,8,10-13,28H,2,5,7,9,14-19H2,1,3-4H3,(H,29,35). The number of hydrazine groups is 1. The van der Waals surface area contributed by atoms with Gasteiger partial charge in [0.15, 0.2) is 0 Å². The van der Waals surface area contributed by atoms with E-state index in [2.05, 4.69) is 68.5 Å². The Morgan fingerprint density at radius 3 is 2.67 bits per heavy atom. The zero-order chi connectivity index (χ0) is 25.5. The van der Waals surface area contributed by atoms with E-state index in [9.17, 15) is 4.79 Å². The van der Waals surface area contributed by atoms with E-state index in [0.717, 1.165) is 66.0 Å². The highest BCUT2D eigenvalue weighted by atomic mass is 32.1. The number of nitrogens with zero attached hydrogens (tertiary/aromatic N) is 5. The van der Waals surface area contributed by atoms with Gasteiger partial charge in [-0.1, -0.05) is 37.0 Å². The number of anilines is 1. The van der Waals surface area contributed by atoms with Crippen molar-refractivity contribution in [2.75, 3.05) is 57.8 Å². The van der Waals surface area contributed by atoms with Gasteiger partial charge < -0.3 is 20.5 Å². The molecule has 0 saturated heterocycles. The van der Waals surface area contributed by atoms with E-state index < -0.39 is 0 Å². The zero-order valence-corrected chi connectivity index (χ0v) is 22.4. The van der Waals surface area contributed by atoms with Crippen molar-refractivity contribution in [2.24, 2.45) is 0 Å². The average molecular weight is 508 g/mol. The molecule has 1 aromatic heterocycles. The second-order valence-corrected chi connectivity index (χ2v) is 10.4. The first-order valence-electron chi connectivity index (χ1n) is 12.6. The smallest absolute Gasteiger partial charge is 0.239 e. The van der Waals surface area contributed by atoms with Crippen LogP contribution >= 0.6 is 11.3 Å². The van der Waals surface area contributed by atoms with Gasteiger partial charge in [0, 0.05) is 50.2 Å². The van der Waals surface area contributed by atoms with Gasteiger partial charge in [-0.2, -0.15) is 0 Å². The molecule has 1 amide bonds. The second kappa shape index (κ2) is 12.3. The van der Waals surface area contributed by atoms with Gasteiger partial charge in [0.25, 0.3) is 0 Å². The molecule has 0 saturated carbocycles. The van der Waals surface area contributed by atoms with Crippen LogP contribution in [0.1, 0.15) is 24.8 Å². The van der Waals surface area contributed by atoms with Crippen molar-refractivity contribution in [1.29, 1.82) is 0 Å². The SMILES string of the molecule is C=C(CN(CC(=O)NCCNCC)c1ccc(-c2nnc(C)s2)cc1)N(C)N1CC2=C(CCC=C2)C1. The molecular formula is C27H37N7OS. The molecule has 36 heavy (non-hydrogen) atoms. The maximum atomic E-state index is 12.8. The normalized spacial score (nSPS) is 15.2. The van der Waals surface area contributed by atoms with Gasteiger partial charge in [-0.05, 0) is 61.7 Å². The van der Waals surface area contributed by atoms with Crippen molar-refractivity contribution < 1.29 is 4.79 Å². The largest absolute Gasteiger partial charge is 0.356 e. The minimum atomic E-state index is -0.00405. The van der Waals surface area contributed by atoms with Crippen molar-refractivity contribution in [3.05, 3.63) is 64.8 Å². The van der Waals surface area contributed by atoms with E-state index in [0.29, 0.717) is 13.1 Å². The highest BCUT2D eigenvalue weighted by molar-refractivity contribution is 7.14. The molecule has 1 aliphatic heterocycles. The monoisotopic (exact) mass is 507 g/mol. The summed E-state index contributed by atoms with van der Waals surface area (Å²) in [5.41, 5.74) is 5.90.